The van der Waals surface area contributed by atoms with Crippen LogP contribution < -0.4 is 0 Å². The summed E-state index contributed by atoms with van der Waals surface area (Å²) in [5.41, 5.74) is 1.22. The third-order valence-corrected chi connectivity index (χ3v) is 0. The van der Waals surface area contributed by atoms with E-state index in [0.717, 1.165) is 0 Å². The molecule has 0 heterocycles. The molecule has 0 rings (SSSR count). The fourth-order valence-electron chi connectivity index (χ4n) is 0. The molecule has 15 heavy (non-hydrogen) atoms. The average Bonchev–Trinajstić information content (AvgIpc) is 1.71. The molecule has 0 aliphatic carbocycles. The number of hydrogen-bond acceptors (Lipinski definition) is 0. The third kappa shape index (κ3) is 1410. The van der Waals surface area contributed by atoms with Crippen molar-refractivity contribution < 1.29 is 37.0 Å². The van der Waals surface area contributed by atoms with Crippen molar-refractivity contribution in [3.8, 4) is 0 Å². The fourth-order valence-corrected chi connectivity index (χ4v) is 0. The summed E-state index contributed by atoms with van der Waals surface area (Å²) in [4.78, 5) is 0. The van der Waals surface area contributed by atoms with Crippen LogP contribution in [0.25, 0.3) is 0 Å². The van der Waals surface area contributed by atoms with Crippen LogP contribution in [0.1, 0.15) is 0 Å². The molecule has 0 fully saturated rings. The Kier molecular flexibility index (Phi) is 1350. The van der Waals surface area contributed by atoms with Crippen LogP contribution in [0.3, 0.4) is 0 Å². The maximum Gasteiger partial charge on any atom is 0.263 e. The lowest BCUT2D eigenvalue weighted by atomic mass is 11.2. The molecule has 0 spiro atoms. The summed E-state index contributed by atoms with van der Waals surface area (Å²) in [5.74, 6) is 0. The SMILES string of the molecule is C=C.C=C(F)F.C=CCl.F.F.F.F.F.F. The molecular weight excluding hydrogens is 260 g/mol. The summed E-state index contributed by atoms with van der Waals surface area (Å²) in [7, 11) is 0. The Morgan fingerprint density at radius 1 is 0.867 bits per heavy atom. The number of hydrogen-bond donors (Lipinski definition) is 0. The first kappa shape index (κ1) is 95.5. The predicted molar refractivity (Wildman–Crippen MR) is 53.7 cm³/mol. The smallest absolute Gasteiger partial charge is 0.263 e. The molecule has 0 amide bonds. The third-order valence-electron chi connectivity index (χ3n) is 0. The van der Waals surface area contributed by atoms with Crippen LogP contribution in [0.2, 0.25) is 0 Å². The molecule has 0 saturated carbocycles. The van der Waals surface area contributed by atoms with E-state index in [-0.39, 0.29) is 28.2 Å². The Labute approximate surface area is 87.5 Å². The van der Waals surface area contributed by atoms with Gasteiger partial charge in [-0.3, -0.25) is 28.2 Å². The Morgan fingerprint density at radius 2 is 0.867 bits per heavy atom. The zero-order valence-corrected chi connectivity index (χ0v) is 8.25. The highest BCUT2D eigenvalue weighted by molar-refractivity contribution is 6.25. The quantitative estimate of drug-likeness (QED) is 0.451. The van der Waals surface area contributed by atoms with Crippen LogP contribution in [0.4, 0.5) is 37.0 Å². The minimum atomic E-state index is -1.83. The van der Waals surface area contributed by atoms with E-state index in [1.54, 1.807) is 0 Å². The van der Waals surface area contributed by atoms with Gasteiger partial charge in [0.1, 0.15) is 0 Å². The maximum absolute atomic E-state index is 10.1. The molecule has 0 aliphatic heterocycles. The standard InChI is InChI=1S/C2H3Cl.C2H2F2.C2H4.6FH/c1-2-3;1-2(3)4;1-2;;;;;;/h2H,1H2;1H2;1-2H2;6*1H. The fraction of sp³-hybridized carbons (Fsp3) is 0. The molecule has 0 saturated heterocycles. The molecule has 0 bridgehead atoms. The van der Waals surface area contributed by atoms with Gasteiger partial charge in [-0.2, -0.15) is 8.78 Å². The molecule has 0 aromatic rings. The topological polar surface area (TPSA) is 0 Å². The van der Waals surface area contributed by atoms with E-state index in [1.165, 1.54) is 5.54 Å². The Morgan fingerprint density at radius 3 is 0.867 bits per heavy atom. The van der Waals surface area contributed by atoms with Gasteiger partial charge in [0.25, 0.3) is 6.08 Å². The number of halogens is 9. The highest BCUT2D eigenvalue weighted by Gasteiger charge is 1.65. The summed E-state index contributed by atoms with van der Waals surface area (Å²) in [5, 5.41) is 0. The van der Waals surface area contributed by atoms with E-state index in [0.29, 0.717) is 0 Å². The summed E-state index contributed by atoms with van der Waals surface area (Å²) in [6.07, 6.45) is -1.83. The number of rotatable bonds is 0. The van der Waals surface area contributed by atoms with Gasteiger partial charge in [-0.25, -0.2) is 0 Å². The van der Waals surface area contributed by atoms with Crippen molar-refractivity contribution in [2.24, 2.45) is 0 Å². The van der Waals surface area contributed by atoms with Crippen molar-refractivity contribution in [2.75, 3.05) is 0 Å². The molecule has 0 nitrogen and oxygen atoms in total. The summed E-state index contributed by atoms with van der Waals surface area (Å²) >= 11 is 4.76. The first-order valence-corrected chi connectivity index (χ1v) is 2.29. The molecule has 0 aromatic carbocycles. The first-order valence-electron chi connectivity index (χ1n) is 1.86. The van der Waals surface area contributed by atoms with Crippen molar-refractivity contribution in [1.82, 2.24) is 0 Å². The average molecular weight is 275 g/mol. The largest absolute Gasteiger partial charge is 0.269 e. The van der Waals surface area contributed by atoms with Gasteiger partial charge >= 0.3 is 0 Å². The lowest BCUT2D eigenvalue weighted by molar-refractivity contribution is 0.426. The maximum atomic E-state index is 10.1. The van der Waals surface area contributed by atoms with Crippen LogP contribution in [0, 0.1) is 0 Å². The van der Waals surface area contributed by atoms with Gasteiger partial charge in [0, 0.05) is 0 Å². The van der Waals surface area contributed by atoms with Gasteiger partial charge in [-0.1, -0.05) is 18.2 Å². The predicted octanol–water partition coefficient (Wildman–Crippen LogP) is 4.48. The van der Waals surface area contributed by atoms with E-state index in [2.05, 4.69) is 26.3 Å². The van der Waals surface area contributed by atoms with Crippen LogP contribution in [-0.4, -0.2) is 0 Å². The molecule has 0 atom stereocenters. The van der Waals surface area contributed by atoms with E-state index < -0.39 is 6.08 Å². The van der Waals surface area contributed by atoms with Crippen molar-refractivity contribution in [3.63, 3.8) is 0 Å². The van der Waals surface area contributed by atoms with Gasteiger partial charge in [-0.15, -0.1) is 13.2 Å². The minimum absolute atomic E-state index is 0. The van der Waals surface area contributed by atoms with Crippen molar-refractivity contribution in [1.29, 1.82) is 0 Å². The normalized spacial score (nSPS) is 2.87. The van der Waals surface area contributed by atoms with Gasteiger partial charge in [0.2, 0.25) is 0 Å². The van der Waals surface area contributed by atoms with Crippen LogP contribution in [0.5, 0.6) is 0 Å². The zero-order valence-electron chi connectivity index (χ0n) is 7.49. The first-order chi connectivity index (χ1) is 4.15. The van der Waals surface area contributed by atoms with Gasteiger partial charge in [0.05, 0.1) is 0 Å². The van der Waals surface area contributed by atoms with Gasteiger partial charge in [0.15, 0.2) is 0 Å². The monoisotopic (exact) mass is 274 g/mol. The van der Waals surface area contributed by atoms with Crippen molar-refractivity contribution >= 4 is 11.6 Å². The van der Waals surface area contributed by atoms with E-state index in [4.69, 9.17) is 11.6 Å². The van der Waals surface area contributed by atoms with Crippen molar-refractivity contribution in [3.05, 3.63) is 37.9 Å². The molecule has 0 unspecified atom stereocenters. The molecule has 0 N–H and O–H groups in total. The van der Waals surface area contributed by atoms with Crippen LogP contribution >= 0.6 is 11.6 Å². The van der Waals surface area contributed by atoms with Gasteiger partial charge in [-0.05, 0) is 12.1 Å². The van der Waals surface area contributed by atoms with Crippen LogP contribution in [-0.2, 0) is 0 Å². The molecule has 0 radical (unpaired) electrons. The molecule has 9 heteroatoms. The van der Waals surface area contributed by atoms with Crippen molar-refractivity contribution in [2.45, 2.75) is 0 Å². The summed E-state index contributed by atoms with van der Waals surface area (Å²) < 4.78 is 20.3. The molecular formula is C6H15ClF8. The minimum Gasteiger partial charge on any atom is -0.269 e. The lowest BCUT2D eigenvalue weighted by Gasteiger charge is -1.54. The molecule has 102 valence electrons. The van der Waals surface area contributed by atoms with Crippen LogP contribution in [0.15, 0.2) is 37.9 Å². The van der Waals surface area contributed by atoms with E-state index in [1.807, 2.05) is 0 Å². The zero-order chi connectivity index (χ0) is 8.28. The second-order valence-electron chi connectivity index (χ2n) is 0.493. The molecule has 0 aromatic heterocycles. The second kappa shape index (κ2) is 213. The lowest BCUT2D eigenvalue weighted by Crippen LogP contribution is -1.33. The summed E-state index contributed by atoms with van der Waals surface area (Å²) in [6, 6.07) is 0. The Balaban J connectivity index is -0.00000000443. The Hall–Kier alpha value is -1.05. The van der Waals surface area contributed by atoms with E-state index in [9.17, 15) is 8.78 Å². The summed E-state index contributed by atoms with van der Waals surface area (Å²) in [6.45, 7) is 11.3. The van der Waals surface area contributed by atoms with Gasteiger partial charge < -0.3 is 0 Å². The highest BCUT2D eigenvalue weighted by atomic mass is 35.5. The van der Waals surface area contributed by atoms with E-state index >= 15 is 0 Å². The second-order valence-corrected chi connectivity index (χ2v) is 0.802. The highest BCUT2D eigenvalue weighted by Crippen LogP contribution is 1.85. The molecule has 0 aliphatic rings. The Bertz CT molecular complexity index is 75.5.